The van der Waals surface area contributed by atoms with Gasteiger partial charge in [0.1, 0.15) is 11.4 Å². The smallest absolute Gasteiger partial charge is 0.261 e. The molecule has 0 atom stereocenters. The topological polar surface area (TPSA) is 104 Å². The maximum Gasteiger partial charge on any atom is 0.261 e. The minimum absolute atomic E-state index is 0.214. The predicted octanol–water partition coefficient (Wildman–Crippen LogP) is 3.73. The van der Waals surface area contributed by atoms with Crippen LogP contribution in [0, 0.1) is 13.8 Å². The number of benzene rings is 1. The minimum Gasteiger partial charge on any atom is -0.379 e. The molecule has 0 aliphatic rings. The SMILES string of the molecule is Cc1ccc(CNc2cc[nH]c(=O)c2-c2nc3c(C)cc(-n4ccnc4)cc3[nH]2)nc1. The molecule has 8 heteroatoms. The molecule has 0 aliphatic heterocycles. The van der Waals surface area contributed by atoms with E-state index in [1.807, 2.05) is 61.1 Å². The summed E-state index contributed by atoms with van der Waals surface area (Å²) in [6.07, 6.45) is 8.83. The number of anilines is 1. The van der Waals surface area contributed by atoms with Crippen molar-refractivity contribution in [2.45, 2.75) is 20.4 Å². The second-order valence-corrected chi connectivity index (χ2v) is 7.49. The van der Waals surface area contributed by atoms with Crippen LogP contribution >= 0.6 is 0 Å². The highest BCUT2D eigenvalue weighted by molar-refractivity contribution is 5.86. The number of hydrogen-bond acceptors (Lipinski definition) is 5. The molecule has 5 rings (SSSR count). The predicted molar refractivity (Wildman–Crippen MR) is 120 cm³/mol. The van der Waals surface area contributed by atoms with E-state index in [0.717, 1.165) is 33.5 Å². The van der Waals surface area contributed by atoms with E-state index in [4.69, 9.17) is 4.98 Å². The molecule has 0 saturated heterocycles. The minimum atomic E-state index is -0.214. The fraction of sp³-hybridized carbons (Fsp3) is 0.130. The van der Waals surface area contributed by atoms with E-state index in [-0.39, 0.29) is 5.56 Å². The molecule has 31 heavy (non-hydrogen) atoms. The summed E-state index contributed by atoms with van der Waals surface area (Å²) in [4.78, 5) is 32.1. The average Bonchev–Trinajstić information content (AvgIpc) is 3.43. The Morgan fingerprint density at radius 2 is 2.06 bits per heavy atom. The summed E-state index contributed by atoms with van der Waals surface area (Å²) in [6.45, 7) is 4.51. The molecule has 3 N–H and O–H groups in total. The van der Waals surface area contributed by atoms with Gasteiger partial charge in [0.15, 0.2) is 0 Å². The first-order valence-electron chi connectivity index (χ1n) is 9.94. The zero-order valence-corrected chi connectivity index (χ0v) is 17.2. The Kier molecular flexibility index (Phi) is 4.59. The molecule has 5 aromatic rings. The number of aromatic nitrogens is 6. The van der Waals surface area contributed by atoms with Crippen LogP contribution < -0.4 is 10.9 Å². The molecule has 0 bridgehead atoms. The van der Waals surface area contributed by atoms with Crippen molar-refractivity contribution in [2.24, 2.45) is 0 Å². The van der Waals surface area contributed by atoms with E-state index in [1.165, 1.54) is 0 Å². The molecule has 1 aromatic carbocycles. The summed E-state index contributed by atoms with van der Waals surface area (Å²) in [5.41, 5.74) is 6.61. The van der Waals surface area contributed by atoms with Crippen LogP contribution in [0.4, 0.5) is 5.69 Å². The number of pyridine rings is 2. The van der Waals surface area contributed by atoms with Crippen LogP contribution in [0.3, 0.4) is 0 Å². The zero-order chi connectivity index (χ0) is 21.4. The third-order valence-electron chi connectivity index (χ3n) is 5.19. The third-order valence-corrected chi connectivity index (χ3v) is 5.19. The number of nitrogens with zero attached hydrogens (tertiary/aromatic N) is 4. The number of aryl methyl sites for hydroxylation is 2. The van der Waals surface area contributed by atoms with E-state index in [1.54, 1.807) is 18.7 Å². The fourth-order valence-corrected chi connectivity index (χ4v) is 3.60. The molecule has 0 unspecified atom stereocenters. The van der Waals surface area contributed by atoms with Crippen molar-refractivity contribution in [1.82, 2.24) is 29.5 Å². The molecule has 4 aromatic heterocycles. The lowest BCUT2D eigenvalue weighted by atomic mass is 10.2. The summed E-state index contributed by atoms with van der Waals surface area (Å²) < 4.78 is 1.93. The first kappa shape index (κ1) is 18.8. The number of nitrogens with one attached hydrogen (secondary N) is 3. The van der Waals surface area contributed by atoms with Crippen LogP contribution in [0.25, 0.3) is 28.1 Å². The summed E-state index contributed by atoms with van der Waals surface area (Å²) in [6, 6.07) is 9.87. The Balaban J connectivity index is 1.54. The Hall–Kier alpha value is -4.20. The molecule has 4 heterocycles. The maximum absolute atomic E-state index is 12.7. The van der Waals surface area contributed by atoms with Gasteiger partial charge in [0.05, 0.1) is 35.3 Å². The van der Waals surface area contributed by atoms with Gasteiger partial charge in [-0.1, -0.05) is 6.07 Å². The monoisotopic (exact) mass is 411 g/mol. The zero-order valence-electron chi connectivity index (χ0n) is 17.2. The van der Waals surface area contributed by atoms with Gasteiger partial charge in [-0.05, 0) is 49.2 Å². The Morgan fingerprint density at radius 1 is 1.16 bits per heavy atom. The van der Waals surface area contributed by atoms with Gasteiger partial charge in [0.2, 0.25) is 0 Å². The highest BCUT2D eigenvalue weighted by Gasteiger charge is 2.16. The first-order chi connectivity index (χ1) is 15.1. The van der Waals surface area contributed by atoms with Crippen LogP contribution in [-0.4, -0.2) is 29.5 Å². The van der Waals surface area contributed by atoms with Crippen LogP contribution in [0.5, 0.6) is 0 Å². The van der Waals surface area contributed by atoms with Crippen molar-refractivity contribution in [1.29, 1.82) is 0 Å². The van der Waals surface area contributed by atoms with E-state index >= 15 is 0 Å². The second-order valence-electron chi connectivity index (χ2n) is 7.49. The lowest BCUT2D eigenvalue weighted by Gasteiger charge is -2.09. The summed E-state index contributed by atoms with van der Waals surface area (Å²) in [5, 5.41) is 3.33. The quantitative estimate of drug-likeness (QED) is 0.409. The Morgan fingerprint density at radius 3 is 2.84 bits per heavy atom. The Bertz CT molecular complexity index is 1410. The molecular formula is C23H21N7O. The van der Waals surface area contributed by atoms with Crippen LogP contribution in [0.1, 0.15) is 16.8 Å². The van der Waals surface area contributed by atoms with Crippen molar-refractivity contribution < 1.29 is 0 Å². The second kappa shape index (κ2) is 7.56. The standard InChI is InChI=1S/C23H21N7O/c1-14-3-4-16(26-11-14)12-27-18-5-6-25-23(31)20(18)22-28-19-10-17(30-8-7-24-13-30)9-15(2)21(19)29-22/h3-11,13H,12H2,1-2H3,(H,28,29)(H2,25,27,31). The van der Waals surface area contributed by atoms with Gasteiger partial charge in [-0.15, -0.1) is 0 Å². The molecular weight excluding hydrogens is 390 g/mol. The van der Waals surface area contributed by atoms with Crippen molar-refractivity contribution in [2.75, 3.05) is 5.32 Å². The summed E-state index contributed by atoms with van der Waals surface area (Å²) in [5.74, 6) is 0.516. The molecule has 0 amide bonds. The number of imidazole rings is 2. The summed E-state index contributed by atoms with van der Waals surface area (Å²) in [7, 11) is 0. The van der Waals surface area contributed by atoms with Crippen LogP contribution in [0.2, 0.25) is 0 Å². The molecule has 8 nitrogen and oxygen atoms in total. The number of aromatic amines is 2. The lowest BCUT2D eigenvalue weighted by Crippen LogP contribution is -2.13. The normalized spacial score (nSPS) is 11.2. The van der Waals surface area contributed by atoms with Gasteiger partial charge in [-0.2, -0.15) is 0 Å². The van der Waals surface area contributed by atoms with E-state index in [9.17, 15) is 4.79 Å². The van der Waals surface area contributed by atoms with Gasteiger partial charge in [0.25, 0.3) is 5.56 Å². The van der Waals surface area contributed by atoms with Crippen molar-refractivity contribution in [3.8, 4) is 17.1 Å². The molecule has 0 saturated carbocycles. The largest absolute Gasteiger partial charge is 0.379 e. The van der Waals surface area contributed by atoms with E-state index < -0.39 is 0 Å². The number of H-pyrrole nitrogens is 2. The molecule has 0 fully saturated rings. The number of hydrogen-bond donors (Lipinski definition) is 3. The highest BCUT2D eigenvalue weighted by Crippen LogP contribution is 2.27. The van der Waals surface area contributed by atoms with Gasteiger partial charge < -0.3 is 19.9 Å². The van der Waals surface area contributed by atoms with Gasteiger partial charge in [0, 0.05) is 30.5 Å². The molecule has 0 aliphatic carbocycles. The van der Waals surface area contributed by atoms with Gasteiger partial charge in [-0.25, -0.2) is 9.97 Å². The first-order valence-corrected chi connectivity index (χ1v) is 9.94. The van der Waals surface area contributed by atoms with Crippen LogP contribution in [0.15, 0.2) is 66.2 Å². The van der Waals surface area contributed by atoms with Crippen molar-refractivity contribution in [3.05, 3.63) is 88.6 Å². The average molecular weight is 411 g/mol. The Labute approximate surface area is 178 Å². The molecule has 0 spiro atoms. The lowest BCUT2D eigenvalue weighted by molar-refractivity contribution is 1.03. The molecule has 0 radical (unpaired) electrons. The van der Waals surface area contributed by atoms with Crippen molar-refractivity contribution >= 4 is 16.7 Å². The van der Waals surface area contributed by atoms with E-state index in [2.05, 4.69) is 25.3 Å². The number of fused-ring (bicyclic) bond motifs is 1. The third kappa shape index (κ3) is 3.59. The van der Waals surface area contributed by atoms with E-state index in [0.29, 0.717) is 23.6 Å². The van der Waals surface area contributed by atoms with Crippen molar-refractivity contribution in [3.63, 3.8) is 0 Å². The maximum atomic E-state index is 12.7. The van der Waals surface area contributed by atoms with Gasteiger partial charge in [-0.3, -0.25) is 9.78 Å². The van der Waals surface area contributed by atoms with Crippen LogP contribution in [-0.2, 0) is 6.54 Å². The number of rotatable bonds is 5. The molecule has 154 valence electrons. The highest BCUT2D eigenvalue weighted by atomic mass is 16.1. The fourth-order valence-electron chi connectivity index (χ4n) is 3.60. The summed E-state index contributed by atoms with van der Waals surface area (Å²) >= 11 is 0. The van der Waals surface area contributed by atoms with Gasteiger partial charge >= 0.3 is 0 Å².